The van der Waals surface area contributed by atoms with E-state index >= 15 is 0 Å². The lowest BCUT2D eigenvalue weighted by Crippen LogP contribution is -2.36. The summed E-state index contributed by atoms with van der Waals surface area (Å²) < 4.78 is 72.0. The van der Waals surface area contributed by atoms with Crippen molar-refractivity contribution in [3.05, 3.63) is 71.6 Å². The number of rotatable bonds is 5. The van der Waals surface area contributed by atoms with Gasteiger partial charge in [0, 0.05) is 18.0 Å². The second kappa shape index (κ2) is 8.47. The van der Waals surface area contributed by atoms with Crippen LogP contribution in [0.2, 0.25) is 0 Å². The van der Waals surface area contributed by atoms with Gasteiger partial charge in [-0.15, -0.1) is 0 Å². The Morgan fingerprint density at radius 3 is 1.88 bits per heavy atom. The molecule has 33 heavy (non-hydrogen) atoms. The Morgan fingerprint density at radius 1 is 0.909 bits per heavy atom. The highest BCUT2D eigenvalue weighted by Crippen LogP contribution is 2.45. The highest BCUT2D eigenvalue weighted by Gasteiger charge is 2.49. The molecule has 0 saturated carbocycles. The average Bonchev–Trinajstić information content (AvgIpc) is 3.19. The number of esters is 2. The van der Waals surface area contributed by atoms with Gasteiger partial charge in [0.25, 0.3) is 0 Å². The van der Waals surface area contributed by atoms with Crippen LogP contribution in [0.3, 0.4) is 0 Å². The van der Waals surface area contributed by atoms with Crippen molar-refractivity contribution in [2.24, 2.45) is 5.41 Å². The molecule has 0 unspecified atom stereocenters. The number of aromatic nitrogens is 1. The molecule has 1 heterocycles. The number of hydrogen-bond donors (Lipinski definition) is 0. The normalized spacial score (nSPS) is 15.5. The largest absolute Gasteiger partial charge is 0.468 e. The number of hydrogen-bond acceptors (Lipinski definition) is 7. The number of sulfone groups is 1. The Hall–Kier alpha value is -3.47. The second-order valence-electron chi connectivity index (χ2n) is 7.19. The lowest BCUT2D eigenvalue weighted by Gasteiger charge is -2.18. The maximum Gasteiger partial charge on any atom is 0.417 e. The molecular formula is C22H18F3NO6S. The van der Waals surface area contributed by atoms with Gasteiger partial charge in [0.15, 0.2) is 9.84 Å². The first-order chi connectivity index (χ1) is 15.3. The van der Waals surface area contributed by atoms with Gasteiger partial charge in [-0.1, -0.05) is 12.1 Å². The van der Waals surface area contributed by atoms with Crippen molar-refractivity contribution >= 4 is 32.9 Å². The third-order valence-electron chi connectivity index (χ3n) is 5.04. The molecule has 0 amide bonds. The smallest absolute Gasteiger partial charge is 0.417 e. The van der Waals surface area contributed by atoms with Gasteiger partial charge in [-0.3, -0.25) is 14.6 Å². The van der Waals surface area contributed by atoms with Gasteiger partial charge >= 0.3 is 18.1 Å². The minimum Gasteiger partial charge on any atom is -0.468 e. The molecule has 0 atom stereocenters. The Bertz CT molecular complexity index is 1240. The Morgan fingerprint density at radius 2 is 1.45 bits per heavy atom. The van der Waals surface area contributed by atoms with Crippen LogP contribution in [0.5, 0.6) is 0 Å². The van der Waals surface area contributed by atoms with Crippen LogP contribution in [0.4, 0.5) is 13.2 Å². The molecule has 0 bridgehead atoms. The van der Waals surface area contributed by atoms with Crippen molar-refractivity contribution in [3.63, 3.8) is 0 Å². The van der Waals surface area contributed by atoms with Crippen LogP contribution >= 0.6 is 0 Å². The van der Waals surface area contributed by atoms with E-state index in [1.165, 1.54) is 36.4 Å². The summed E-state index contributed by atoms with van der Waals surface area (Å²) >= 11 is 0. The summed E-state index contributed by atoms with van der Waals surface area (Å²) in [5, 5.41) is 0. The maximum atomic E-state index is 13.0. The van der Waals surface area contributed by atoms with Crippen LogP contribution in [0.1, 0.15) is 16.8 Å². The van der Waals surface area contributed by atoms with Crippen LogP contribution in [0.25, 0.3) is 11.1 Å². The van der Waals surface area contributed by atoms with Gasteiger partial charge in [-0.25, -0.2) is 8.42 Å². The lowest BCUT2D eigenvalue weighted by molar-refractivity contribution is -0.161. The van der Waals surface area contributed by atoms with Crippen LogP contribution < -0.4 is 0 Å². The standard InChI is InChI=1S/C22H18F3NO6S/c1-31-19(27)21(20(28)32-2)10-16(13-4-7-15(8-5-13)33(3,29)30)17(11-21)18-9-6-14(12-26-18)22(23,24)25/h4-12H,1-3H3. The molecule has 1 aromatic heterocycles. The summed E-state index contributed by atoms with van der Waals surface area (Å²) in [6, 6.07) is 7.50. The van der Waals surface area contributed by atoms with Crippen molar-refractivity contribution in [2.45, 2.75) is 11.1 Å². The number of pyridine rings is 1. The van der Waals surface area contributed by atoms with Gasteiger partial charge < -0.3 is 9.47 Å². The number of methoxy groups -OCH3 is 2. The first-order valence-corrected chi connectivity index (χ1v) is 11.2. The van der Waals surface area contributed by atoms with E-state index in [4.69, 9.17) is 9.47 Å². The zero-order valence-electron chi connectivity index (χ0n) is 17.6. The maximum absolute atomic E-state index is 13.0. The van der Waals surface area contributed by atoms with Gasteiger partial charge in [0.1, 0.15) is 0 Å². The molecular weight excluding hydrogens is 463 g/mol. The second-order valence-corrected chi connectivity index (χ2v) is 9.21. The summed E-state index contributed by atoms with van der Waals surface area (Å²) in [6.45, 7) is 0. The molecule has 1 aliphatic rings. The van der Waals surface area contributed by atoms with Crippen LogP contribution in [-0.4, -0.2) is 45.8 Å². The molecule has 0 spiro atoms. The van der Waals surface area contributed by atoms with Crippen molar-refractivity contribution in [1.82, 2.24) is 4.98 Å². The zero-order valence-corrected chi connectivity index (χ0v) is 18.5. The summed E-state index contributed by atoms with van der Waals surface area (Å²) in [6.07, 6.45) is -0.461. The lowest BCUT2D eigenvalue weighted by atomic mass is 9.89. The molecule has 0 saturated heterocycles. The van der Waals surface area contributed by atoms with Gasteiger partial charge in [-0.05, 0) is 47.6 Å². The number of carbonyl (C=O) groups excluding carboxylic acids is 2. The van der Waals surface area contributed by atoms with E-state index in [9.17, 15) is 31.2 Å². The summed E-state index contributed by atoms with van der Waals surface area (Å²) in [5.74, 6) is -1.94. The predicted octanol–water partition coefficient (Wildman–Crippen LogP) is 3.32. The van der Waals surface area contributed by atoms with E-state index < -0.39 is 38.9 Å². The Balaban J connectivity index is 2.22. The Kier molecular flexibility index (Phi) is 6.20. The van der Waals surface area contributed by atoms with E-state index in [2.05, 4.69) is 4.98 Å². The van der Waals surface area contributed by atoms with Crippen molar-refractivity contribution in [1.29, 1.82) is 0 Å². The average molecular weight is 481 g/mol. The number of benzene rings is 1. The monoisotopic (exact) mass is 481 g/mol. The van der Waals surface area contributed by atoms with E-state index in [-0.39, 0.29) is 21.7 Å². The molecule has 11 heteroatoms. The number of halogens is 3. The van der Waals surface area contributed by atoms with E-state index in [1.807, 2.05) is 0 Å². The number of carbonyl (C=O) groups is 2. The van der Waals surface area contributed by atoms with Gasteiger partial charge in [0.05, 0.1) is 30.4 Å². The number of ether oxygens (including phenoxy) is 2. The molecule has 2 aromatic rings. The molecule has 174 valence electrons. The number of allylic oxidation sites excluding steroid dienone is 2. The predicted molar refractivity (Wildman–Crippen MR) is 111 cm³/mol. The molecule has 0 radical (unpaired) electrons. The van der Waals surface area contributed by atoms with Crippen LogP contribution in [-0.2, 0) is 35.1 Å². The molecule has 0 N–H and O–H groups in total. The van der Waals surface area contributed by atoms with E-state index in [1.54, 1.807) is 0 Å². The van der Waals surface area contributed by atoms with Crippen LogP contribution in [0, 0.1) is 5.41 Å². The fourth-order valence-electron chi connectivity index (χ4n) is 3.36. The van der Waals surface area contributed by atoms with Crippen LogP contribution in [0.15, 0.2) is 59.6 Å². The number of alkyl halides is 3. The third kappa shape index (κ3) is 4.54. The summed E-state index contributed by atoms with van der Waals surface area (Å²) in [4.78, 5) is 29.1. The minimum absolute atomic E-state index is 0.0373. The van der Waals surface area contributed by atoms with Crippen molar-refractivity contribution < 1.29 is 40.7 Å². The molecule has 1 aromatic carbocycles. The number of nitrogens with zero attached hydrogens (tertiary/aromatic N) is 1. The minimum atomic E-state index is -4.60. The van der Waals surface area contributed by atoms with Crippen molar-refractivity contribution in [3.8, 4) is 0 Å². The first-order valence-electron chi connectivity index (χ1n) is 9.30. The fourth-order valence-corrected chi connectivity index (χ4v) is 3.99. The quantitative estimate of drug-likeness (QED) is 0.477. The highest BCUT2D eigenvalue weighted by atomic mass is 32.2. The molecule has 3 rings (SSSR count). The topological polar surface area (TPSA) is 99.6 Å². The molecule has 1 aliphatic carbocycles. The van der Waals surface area contributed by atoms with E-state index in [0.29, 0.717) is 11.8 Å². The van der Waals surface area contributed by atoms with Crippen molar-refractivity contribution in [2.75, 3.05) is 20.5 Å². The SMILES string of the molecule is COC(=O)C1(C(=O)OC)C=C(c2ccc(S(C)(=O)=O)cc2)C(c2ccc(C(F)(F)F)cn2)=C1. The van der Waals surface area contributed by atoms with E-state index in [0.717, 1.165) is 32.6 Å². The molecule has 0 aliphatic heterocycles. The summed E-state index contributed by atoms with van der Waals surface area (Å²) in [5.41, 5.74) is -2.10. The third-order valence-corrected chi connectivity index (χ3v) is 6.17. The first kappa shape index (κ1) is 24.2. The zero-order chi connectivity index (χ0) is 24.6. The van der Waals surface area contributed by atoms with Gasteiger partial charge in [-0.2, -0.15) is 13.2 Å². The van der Waals surface area contributed by atoms with Gasteiger partial charge in [0.2, 0.25) is 5.41 Å². The summed E-state index contributed by atoms with van der Waals surface area (Å²) in [7, 11) is -1.34. The molecule has 0 fully saturated rings. The Labute approximate surface area is 187 Å². The molecule has 7 nitrogen and oxygen atoms in total. The fraction of sp³-hybridized carbons (Fsp3) is 0.227. The highest BCUT2D eigenvalue weighted by molar-refractivity contribution is 7.90.